The number of hydrogen-bond donors (Lipinski definition) is 1. The van der Waals surface area contributed by atoms with Crippen molar-refractivity contribution in [3.05, 3.63) is 58.2 Å². The number of aromatic nitrogens is 3. The lowest BCUT2D eigenvalue weighted by atomic mass is 10.1. The second-order valence-electron chi connectivity index (χ2n) is 8.15. The van der Waals surface area contributed by atoms with Crippen LogP contribution in [0.3, 0.4) is 0 Å². The van der Waals surface area contributed by atoms with Gasteiger partial charge in [0.2, 0.25) is 0 Å². The fourth-order valence-corrected chi connectivity index (χ4v) is 5.10. The Morgan fingerprint density at radius 2 is 2.06 bits per heavy atom. The van der Waals surface area contributed by atoms with Gasteiger partial charge in [0.1, 0.15) is 11.9 Å². The maximum Gasteiger partial charge on any atom is 0.166 e. The van der Waals surface area contributed by atoms with Crippen LogP contribution >= 0.6 is 23.2 Å². The average Bonchev–Trinajstić information content (AvgIpc) is 3.39. The first-order chi connectivity index (χ1) is 15.3. The molecule has 1 saturated heterocycles. The van der Waals surface area contributed by atoms with Crippen molar-refractivity contribution in [2.75, 3.05) is 19.3 Å². The number of anilines is 1. The summed E-state index contributed by atoms with van der Waals surface area (Å²) in [6.07, 6.45) is 7.05. The predicted molar refractivity (Wildman–Crippen MR) is 126 cm³/mol. The number of rotatable bonds is 6. The molecule has 9 heteroatoms. The molecule has 4 rings (SSSR count). The summed E-state index contributed by atoms with van der Waals surface area (Å²) in [5.74, 6) is 0.0306. The van der Waals surface area contributed by atoms with E-state index in [9.17, 15) is 4.39 Å². The van der Waals surface area contributed by atoms with Crippen molar-refractivity contribution >= 4 is 29.0 Å². The third kappa shape index (κ3) is 4.29. The van der Waals surface area contributed by atoms with E-state index >= 15 is 0 Å². The van der Waals surface area contributed by atoms with Gasteiger partial charge in [-0.05, 0) is 45.0 Å². The lowest BCUT2D eigenvalue weighted by Gasteiger charge is -2.23. The number of nitrogens with two attached hydrogens (primary N) is 1. The number of nitrogen functional groups attached to an aromatic ring is 1. The van der Waals surface area contributed by atoms with Crippen LogP contribution in [0.25, 0.3) is 11.1 Å². The van der Waals surface area contributed by atoms with E-state index in [0.29, 0.717) is 28.4 Å². The highest BCUT2D eigenvalue weighted by molar-refractivity contribution is 6.36. The number of ether oxygens (including phenoxy) is 1. The molecule has 0 saturated carbocycles. The molecular weight excluding hydrogens is 452 g/mol. The second-order valence-corrected chi connectivity index (χ2v) is 8.93. The molecule has 2 aromatic heterocycles. The van der Waals surface area contributed by atoms with Gasteiger partial charge in [0, 0.05) is 46.7 Å². The zero-order valence-corrected chi connectivity index (χ0v) is 19.7. The van der Waals surface area contributed by atoms with Gasteiger partial charge in [-0.15, -0.1) is 0 Å². The van der Waals surface area contributed by atoms with Crippen LogP contribution in [-0.4, -0.2) is 39.3 Å². The van der Waals surface area contributed by atoms with E-state index in [1.54, 1.807) is 19.2 Å². The minimum atomic E-state index is -0.632. The van der Waals surface area contributed by atoms with Crippen molar-refractivity contribution in [2.45, 2.75) is 44.9 Å². The smallest absolute Gasteiger partial charge is 0.166 e. The summed E-state index contributed by atoms with van der Waals surface area (Å²) >= 11 is 12.4. The highest BCUT2D eigenvalue weighted by Gasteiger charge is 2.32. The summed E-state index contributed by atoms with van der Waals surface area (Å²) in [7, 11) is 2.16. The molecule has 0 bridgehead atoms. The standard InChI is InChI=1S/C23H26Cl2FN5O/c1-4-18-19(7-8-30(18)3)31-12-15(11-29-31)14-9-20(23(27)28-10-14)32-13(2)21-16(24)5-6-17(26)22(21)25/h5-6,9-13,18-19H,4,7-8H2,1-3H3,(H2,27,28). The molecule has 0 radical (unpaired) electrons. The topological polar surface area (TPSA) is 69.2 Å². The first-order valence-corrected chi connectivity index (χ1v) is 11.4. The summed E-state index contributed by atoms with van der Waals surface area (Å²) in [4.78, 5) is 6.66. The average molecular weight is 478 g/mol. The van der Waals surface area contributed by atoms with E-state index in [4.69, 9.17) is 33.7 Å². The number of benzene rings is 1. The molecule has 1 aromatic carbocycles. The fourth-order valence-electron chi connectivity index (χ4n) is 4.42. The van der Waals surface area contributed by atoms with Gasteiger partial charge in [-0.3, -0.25) is 4.68 Å². The summed E-state index contributed by atoms with van der Waals surface area (Å²) < 4.78 is 22.0. The number of hydrogen-bond acceptors (Lipinski definition) is 5. The second kappa shape index (κ2) is 9.25. The first-order valence-electron chi connectivity index (χ1n) is 10.6. The maximum atomic E-state index is 13.9. The van der Waals surface area contributed by atoms with Crippen molar-refractivity contribution in [3.8, 4) is 16.9 Å². The molecular formula is C23H26Cl2FN5O. The van der Waals surface area contributed by atoms with Crippen LogP contribution < -0.4 is 10.5 Å². The third-order valence-corrected chi connectivity index (χ3v) is 6.87. The summed E-state index contributed by atoms with van der Waals surface area (Å²) in [5.41, 5.74) is 8.16. The number of likely N-dealkylation sites (N-methyl/N-ethyl adjacent to an activating group) is 1. The highest BCUT2D eigenvalue weighted by Crippen LogP contribution is 2.37. The van der Waals surface area contributed by atoms with Gasteiger partial charge in [0.25, 0.3) is 0 Å². The SMILES string of the molecule is CCC1C(n2cc(-c3cnc(N)c(OC(C)c4c(Cl)ccc(F)c4Cl)c3)cn2)CCN1C. The normalized spacial score (nSPS) is 19.9. The summed E-state index contributed by atoms with van der Waals surface area (Å²) in [5, 5.41) is 4.87. The molecule has 2 N–H and O–H groups in total. The Labute approximate surface area is 197 Å². The van der Waals surface area contributed by atoms with Gasteiger partial charge in [-0.2, -0.15) is 5.10 Å². The molecule has 0 amide bonds. The van der Waals surface area contributed by atoms with Gasteiger partial charge in [-0.1, -0.05) is 30.1 Å². The number of nitrogens with zero attached hydrogens (tertiary/aromatic N) is 4. The number of pyridine rings is 1. The van der Waals surface area contributed by atoms with Crippen LogP contribution in [0, 0.1) is 5.82 Å². The van der Waals surface area contributed by atoms with E-state index < -0.39 is 11.9 Å². The maximum absolute atomic E-state index is 13.9. The molecule has 1 aliphatic rings. The highest BCUT2D eigenvalue weighted by atomic mass is 35.5. The Morgan fingerprint density at radius 1 is 1.28 bits per heavy atom. The predicted octanol–water partition coefficient (Wildman–Crippen LogP) is 5.77. The van der Waals surface area contributed by atoms with Crippen LogP contribution in [0.1, 0.15) is 44.4 Å². The van der Waals surface area contributed by atoms with Crippen molar-refractivity contribution in [2.24, 2.45) is 0 Å². The number of halogens is 3. The first kappa shape index (κ1) is 22.8. The van der Waals surface area contributed by atoms with E-state index in [1.165, 1.54) is 12.1 Å². The van der Waals surface area contributed by atoms with Gasteiger partial charge in [0.05, 0.1) is 17.3 Å². The van der Waals surface area contributed by atoms with Crippen LogP contribution in [-0.2, 0) is 0 Å². The fraction of sp³-hybridized carbons (Fsp3) is 0.391. The molecule has 1 aliphatic heterocycles. The molecule has 170 valence electrons. The molecule has 32 heavy (non-hydrogen) atoms. The summed E-state index contributed by atoms with van der Waals surface area (Å²) in [6.45, 7) is 5.00. The molecule has 1 fully saturated rings. The van der Waals surface area contributed by atoms with E-state index in [1.807, 2.05) is 17.1 Å². The van der Waals surface area contributed by atoms with Crippen LogP contribution in [0.5, 0.6) is 5.75 Å². The minimum absolute atomic E-state index is 0.0685. The monoisotopic (exact) mass is 477 g/mol. The summed E-state index contributed by atoms with van der Waals surface area (Å²) in [6, 6.07) is 5.29. The Balaban J connectivity index is 1.59. The van der Waals surface area contributed by atoms with Crippen LogP contribution in [0.15, 0.2) is 36.8 Å². The largest absolute Gasteiger partial charge is 0.482 e. The van der Waals surface area contributed by atoms with Crippen molar-refractivity contribution in [1.29, 1.82) is 0 Å². The Kier molecular flexibility index (Phi) is 6.60. The quantitative estimate of drug-likeness (QED) is 0.456. The van der Waals surface area contributed by atoms with Gasteiger partial charge in [0.15, 0.2) is 11.6 Å². The van der Waals surface area contributed by atoms with Gasteiger partial charge < -0.3 is 15.4 Å². The lowest BCUT2D eigenvalue weighted by Crippen LogP contribution is -2.30. The third-order valence-electron chi connectivity index (χ3n) is 6.15. The number of likely N-dealkylation sites (tertiary alicyclic amines) is 1. The van der Waals surface area contributed by atoms with Crippen molar-refractivity contribution < 1.29 is 9.13 Å². The van der Waals surface area contributed by atoms with E-state index in [0.717, 1.165) is 30.5 Å². The Morgan fingerprint density at radius 3 is 2.81 bits per heavy atom. The van der Waals surface area contributed by atoms with Gasteiger partial charge in [-0.25, -0.2) is 9.37 Å². The van der Waals surface area contributed by atoms with Crippen molar-refractivity contribution in [3.63, 3.8) is 0 Å². The zero-order chi connectivity index (χ0) is 23.0. The Bertz CT molecular complexity index is 1120. The van der Waals surface area contributed by atoms with Gasteiger partial charge >= 0.3 is 0 Å². The van der Waals surface area contributed by atoms with E-state index in [2.05, 4.69) is 29.0 Å². The van der Waals surface area contributed by atoms with Crippen LogP contribution in [0.4, 0.5) is 10.2 Å². The molecule has 0 spiro atoms. The molecule has 3 unspecified atom stereocenters. The van der Waals surface area contributed by atoms with Crippen LogP contribution in [0.2, 0.25) is 10.0 Å². The van der Waals surface area contributed by atoms with Crippen molar-refractivity contribution in [1.82, 2.24) is 19.7 Å². The molecule has 3 aromatic rings. The lowest BCUT2D eigenvalue weighted by molar-refractivity contribution is 0.227. The molecule has 3 heterocycles. The Hall–Kier alpha value is -2.35. The molecule has 6 nitrogen and oxygen atoms in total. The minimum Gasteiger partial charge on any atom is -0.482 e. The van der Waals surface area contributed by atoms with E-state index in [-0.39, 0.29) is 10.8 Å². The molecule has 3 atom stereocenters. The molecule has 0 aliphatic carbocycles. The zero-order valence-electron chi connectivity index (χ0n) is 18.2.